The Hall–Kier alpha value is -3.43. The van der Waals surface area contributed by atoms with Gasteiger partial charge in [0.15, 0.2) is 0 Å². The predicted molar refractivity (Wildman–Crippen MR) is 127 cm³/mol. The zero-order valence-electron chi connectivity index (χ0n) is 19.6. The van der Waals surface area contributed by atoms with Crippen molar-refractivity contribution in [2.45, 2.75) is 24.5 Å². The van der Waals surface area contributed by atoms with Crippen LogP contribution in [0.15, 0.2) is 48.5 Å². The summed E-state index contributed by atoms with van der Waals surface area (Å²) < 4.78 is 10.7. The summed E-state index contributed by atoms with van der Waals surface area (Å²) in [5, 5.41) is 14.4. The molecule has 0 saturated heterocycles. The lowest BCUT2D eigenvalue weighted by atomic mass is 9.98. The molecule has 0 saturated carbocycles. The van der Waals surface area contributed by atoms with Gasteiger partial charge >= 0.3 is 12.1 Å². The van der Waals surface area contributed by atoms with Crippen molar-refractivity contribution in [1.82, 2.24) is 15.5 Å². The van der Waals surface area contributed by atoms with E-state index in [0.29, 0.717) is 0 Å². The van der Waals surface area contributed by atoms with E-state index in [0.717, 1.165) is 22.3 Å². The van der Waals surface area contributed by atoms with Crippen LogP contribution in [0.2, 0.25) is 0 Å². The summed E-state index contributed by atoms with van der Waals surface area (Å²) in [5.74, 6) is -1.72. The highest BCUT2D eigenvalue weighted by atomic mass is 16.5. The number of carbonyl (C=O) groups excluding carboxylic acids is 2. The molecule has 182 valence electrons. The van der Waals surface area contributed by atoms with Crippen LogP contribution in [0.4, 0.5) is 4.79 Å². The van der Waals surface area contributed by atoms with Gasteiger partial charge in [-0.25, -0.2) is 9.59 Å². The molecule has 0 spiro atoms. The van der Waals surface area contributed by atoms with E-state index >= 15 is 0 Å². The first-order valence-electron chi connectivity index (χ1n) is 11.1. The van der Waals surface area contributed by atoms with Gasteiger partial charge in [0, 0.05) is 32.5 Å². The van der Waals surface area contributed by atoms with E-state index < -0.39 is 30.1 Å². The van der Waals surface area contributed by atoms with Crippen LogP contribution in [0.25, 0.3) is 11.1 Å². The van der Waals surface area contributed by atoms with Crippen LogP contribution < -0.4 is 10.6 Å². The molecule has 0 aromatic heterocycles. The van der Waals surface area contributed by atoms with Crippen molar-refractivity contribution < 1.29 is 29.0 Å². The van der Waals surface area contributed by atoms with Crippen LogP contribution in [0.5, 0.6) is 0 Å². The number of alkyl carbamates (subject to hydrolysis) is 1. The molecule has 2 amide bonds. The Morgan fingerprint density at radius 3 is 2.15 bits per heavy atom. The number of fused-ring (bicyclic) bond motifs is 3. The zero-order chi connectivity index (χ0) is 24.7. The Bertz CT molecular complexity index is 980. The number of benzene rings is 2. The first kappa shape index (κ1) is 25.2. The Kier molecular flexibility index (Phi) is 8.61. The number of methoxy groups -OCH3 is 1. The number of likely N-dealkylation sites (N-methyl/N-ethyl adjacent to an activating group) is 1. The lowest BCUT2D eigenvalue weighted by molar-refractivity contribution is -0.144. The van der Waals surface area contributed by atoms with Gasteiger partial charge in [0.2, 0.25) is 5.91 Å². The molecule has 2 unspecified atom stereocenters. The number of hydrogen-bond donors (Lipinski definition) is 3. The number of carbonyl (C=O) groups is 3. The molecule has 2 aromatic carbocycles. The number of amides is 2. The topological polar surface area (TPSA) is 117 Å². The maximum absolute atomic E-state index is 12.4. The fraction of sp³-hybridized carbons (Fsp3) is 0.400. The number of nitrogens with zero attached hydrogens (tertiary/aromatic N) is 1. The van der Waals surface area contributed by atoms with Crippen molar-refractivity contribution in [2.75, 3.05) is 40.9 Å². The SMILES string of the molecule is COC(CCNC(=O)OCC1c2ccccc2-c2ccccc21)C(=O)NC(CN(C)C)C(=O)O. The second kappa shape index (κ2) is 11.6. The molecule has 9 nitrogen and oxygen atoms in total. The first-order valence-corrected chi connectivity index (χ1v) is 11.1. The van der Waals surface area contributed by atoms with Crippen molar-refractivity contribution in [1.29, 1.82) is 0 Å². The predicted octanol–water partition coefficient (Wildman–Crippen LogP) is 2.06. The van der Waals surface area contributed by atoms with Gasteiger partial charge in [0.05, 0.1) is 0 Å². The molecular formula is C25H31N3O6. The maximum Gasteiger partial charge on any atom is 0.407 e. The van der Waals surface area contributed by atoms with Gasteiger partial charge in [-0.3, -0.25) is 4.79 Å². The van der Waals surface area contributed by atoms with Crippen LogP contribution in [-0.4, -0.2) is 81.0 Å². The number of carboxylic acid groups (broad SMARTS) is 1. The Balaban J connectivity index is 1.49. The lowest BCUT2D eigenvalue weighted by Gasteiger charge is -2.22. The number of rotatable bonds is 11. The van der Waals surface area contributed by atoms with Crippen LogP contribution in [0, 0.1) is 0 Å². The van der Waals surface area contributed by atoms with Gasteiger partial charge in [0.1, 0.15) is 18.8 Å². The highest BCUT2D eigenvalue weighted by Gasteiger charge is 2.29. The molecule has 9 heteroatoms. The Morgan fingerprint density at radius 2 is 1.62 bits per heavy atom. The van der Waals surface area contributed by atoms with Gasteiger partial charge in [-0.2, -0.15) is 0 Å². The Labute approximate surface area is 199 Å². The summed E-state index contributed by atoms with van der Waals surface area (Å²) in [5.41, 5.74) is 4.54. The van der Waals surface area contributed by atoms with E-state index in [1.807, 2.05) is 36.4 Å². The van der Waals surface area contributed by atoms with Crippen molar-refractivity contribution in [3.63, 3.8) is 0 Å². The minimum Gasteiger partial charge on any atom is -0.480 e. The van der Waals surface area contributed by atoms with Crippen molar-refractivity contribution >= 4 is 18.0 Å². The number of nitrogens with one attached hydrogen (secondary N) is 2. The van der Waals surface area contributed by atoms with Crippen LogP contribution >= 0.6 is 0 Å². The van der Waals surface area contributed by atoms with E-state index in [1.165, 1.54) is 7.11 Å². The average Bonchev–Trinajstić information content (AvgIpc) is 3.13. The largest absolute Gasteiger partial charge is 0.480 e. The molecule has 34 heavy (non-hydrogen) atoms. The second-order valence-corrected chi connectivity index (χ2v) is 8.43. The molecule has 2 atom stereocenters. The molecule has 3 rings (SSSR count). The summed E-state index contributed by atoms with van der Waals surface area (Å²) in [6.45, 7) is 0.475. The summed E-state index contributed by atoms with van der Waals surface area (Å²) >= 11 is 0. The van der Waals surface area contributed by atoms with Crippen molar-refractivity contribution in [3.05, 3.63) is 59.7 Å². The Morgan fingerprint density at radius 1 is 1.03 bits per heavy atom. The van der Waals surface area contributed by atoms with Gasteiger partial charge < -0.3 is 30.1 Å². The number of aliphatic carboxylic acids is 1. The molecule has 1 aliphatic carbocycles. The summed E-state index contributed by atoms with van der Waals surface area (Å²) in [7, 11) is 4.79. The summed E-state index contributed by atoms with van der Waals surface area (Å²) in [6, 6.07) is 15.1. The fourth-order valence-corrected chi connectivity index (χ4v) is 4.13. The molecule has 3 N–H and O–H groups in total. The van der Waals surface area contributed by atoms with Crippen LogP contribution in [-0.2, 0) is 19.1 Å². The highest BCUT2D eigenvalue weighted by Crippen LogP contribution is 2.44. The monoisotopic (exact) mass is 469 g/mol. The maximum atomic E-state index is 12.4. The lowest BCUT2D eigenvalue weighted by Crippen LogP contribution is -2.50. The minimum atomic E-state index is -1.13. The molecule has 0 heterocycles. The first-order chi connectivity index (χ1) is 16.3. The third-order valence-electron chi connectivity index (χ3n) is 5.76. The van der Waals surface area contributed by atoms with E-state index in [-0.39, 0.29) is 32.0 Å². The molecular weight excluding hydrogens is 438 g/mol. The van der Waals surface area contributed by atoms with Gasteiger partial charge in [-0.05, 0) is 36.3 Å². The second-order valence-electron chi connectivity index (χ2n) is 8.43. The van der Waals surface area contributed by atoms with Crippen molar-refractivity contribution in [3.8, 4) is 11.1 Å². The summed E-state index contributed by atoms with van der Waals surface area (Å²) in [6.07, 6.45) is -1.33. The third-order valence-corrected chi connectivity index (χ3v) is 5.76. The minimum absolute atomic E-state index is 0.0414. The third kappa shape index (κ3) is 6.12. The molecule has 2 aromatic rings. The van der Waals surface area contributed by atoms with E-state index in [4.69, 9.17) is 9.47 Å². The van der Waals surface area contributed by atoms with E-state index in [9.17, 15) is 19.5 Å². The molecule has 0 aliphatic heterocycles. The van der Waals surface area contributed by atoms with Crippen molar-refractivity contribution in [2.24, 2.45) is 0 Å². The fourth-order valence-electron chi connectivity index (χ4n) is 4.13. The molecule has 0 bridgehead atoms. The van der Waals surface area contributed by atoms with Crippen LogP contribution in [0.1, 0.15) is 23.5 Å². The normalized spacial score (nSPS) is 14.1. The van der Waals surface area contributed by atoms with E-state index in [1.54, 1.807) is 19.0 Å². The number of ether oxygens (including phenoxy) is 2. The highest BCUT2D eigenvalue weighted by molar-refractivity contribution is 5.86. The van der Waals surface area contributed by atoms with Gasteiger partial charge in [0.25, 0.3) is 0 Å². The van der Waals surface area contributed by atoms with Gasteiger partial charge in [-0.1, -0.05) is 48.5 Å². The van der Waals surface area contributed by atoms with E-state index in [2.05, 4.69) is 22.8 Å². The molecule has 0 fully saturated rings. The molecule has 1 aliphatic rings. The molecule has 0 radical (unpaired) electrons. The number of carboxylic acids is 1. The average molecular weight is 470 g/mol. The van der Waals surface area contributed by atoms with Gasteiger partial charge in [-0.15, -0.1) is 0 Å². The zero-order valence-corrected chi connectivity index (χ0v) is 19.6. The van der Waals surface area contributed by atoms with Crippen LogP contribution in [0.3, 0.4) is 0 Å². The summed E-state index contributed by atoms with van der Waals surface area (Å²) in [4.78, 5) is 37.7. The quantitative estimate of drug-likeness (QED) is 0.461. The number of hydrogen-bond acceptors (Lipinski definition) is 6. The standard InChI is InChI=1S/C25H31N3O6/c1-28(2)14-21(24(30)31)27-23(29)22(33-3)12-13-26-25(32)34-15-20-18-10-6-4-8-16(18)17-9-5-7-11-19(17)20/h4-11,20-22H,12-15H2,1-3H3,(H,26,32)(H,27,29)(H,30,31). The smallest absolute Gasteiger partial charge is 0.407 e.